The maximum absolute atomic E-state index is 14.1. The summed E-state index contributed by atoms with van der Waals surface area (Å²) in [5.74, 6) is -0.467. The Hall–Kier alpha value is -2.36. The van der Waals surface area contributed by atoms with Crippen LogP contribution in [0.2, 0.25) is 0 Å². The predicted octanol–water partition coefficient (Wildman–Crippen LogP) is 5.49. The van der Waals surface area contributed by atoms with E-state index in [1.807, 2.05) is 6.07 Å². The van der Waals surface area contributed by atoms with Crippen molar-refractivity contribution in [1.29, 1.82) is 0 Å². The zero-order valence-electron chi connectivity index (χ0n) is 13.1. The summed E-state index contributed by atoms with van der Waals surface area (Å²) in [4.78, 5) is 13.7. The molecule has 0 aromatic heterocycles. The van der Waals surface area contributed by atoms with Crippen molar-refractivity contribution in [3.05, 3.63) is 67.3 Å². The van der Waals surface area contributed by atoms with Crippen LogP contribution in [0.1, 0.15) is 25.7 Å². The molecule has 121 valence electrons. The lowest BCUT2D eigenvalue weighted by molar-refractivity contribution is 0.154. The Morgan fingerprint density at radius 3 is 2.39 bits per heavy atom. The Balaban J connectivity index is 2.15. The summed E-state index contributed by atoms with van der Waals surface area (Å²) < 4.78 is 19.4. The van der Waals surface area contributed by atoms with Crippen LogP contribution in [0.4, 0.5) is 20.6 Å². The topological polar surface area (TPSA) is 29.5 Å². The van der Waals surface area contributed by atoms with Gasteiger partial charge in [0.25, 0.3) is 0 Å². The van der Waals surface area contributed by atoms with E-state index in [1.54, 1.807) is 42.5 Å². The van der Waals surface area contributed by atoms with Crippen molar-refractivity contribution in [2.24, 2.45) is 0 Å². The summed E-state index contributed by atoms with van der Waals surface area (Å²) in [6.45, 7) is 4.09. The van der Waals surface area contributed by atoms with Crippen molar-refractivity contribution < 1.29 is 13.9 Å². The second kappa shape index (κ2) is 8.93. The minimum Gasteiger partial charge on any atom is -0.449 e. The third-order valence-corrected chi connectivity index (χ3v) is 3.41. The molecule has 0 atom stereocenters. The first-order valence-electron chi connectivity index (χ1n) is 7.79. The van der Waals surface area contributed by atoms with Gasteiger partial charge in [-0.3, -0.25) is 0 Å². The highest BCUT2D eigenvalue weighted by atomic mass is 19.1. The summed E-state index contributed by atoms with van der Waals surface area (Å²) in [6, 6.07) is 15.1. The smallest absolute Gasteiger partial charge is 0.419 e. The van der Waals surface area contributed by atoms with Crippen LogP contribution in [0.15, 0.2) is 54.6 Å². The van der Waals surface area contributed by atoms with Crippen LogP contribution in [-0.2, 0) is 4.74 Å². The van der Waals surface area contributed by atoms with Gasteiger partial charge in [0.2, 0.25) is 0 Å². The van der Waals surface area contributed by atoms with E-state index in [9.17, 15) is 9.18 Å². The van der Waals surface area contributed by atoms with E-state index in [0.717, 1.165) is 25.7 Å². The number of nitrogens with zero attached hydrogens (tertiary/aromatic N) is 1. The Labute approximate surface area is 136 Å². The summed E-state index contributed by atoms with van der Waals surface area (Å²) in [5.41, 5.74) is 0.752. The summed E-state index contributed by atoms with van der Waals surface area (Å²) in [6.07, 6.45) is 3.05. The molecule has 0 saturated carbocycles. The van der Waals surface area contributed by atoms with Gasteiger partial charge in [0.05, 0.1) is 18.0 Å². The zero-order valence-corrected chi connectivity index (χ0v) is 13.1. The molecule has 0 heterocycles. The Morgan fingerprint density at radius 2 is 1.70 bits per heavy atom. The molecule has 0 saturated heterocycles. The number of amides is 1. The molecular weight excluding hydrogens is 293 g/mol. The van der Waals surface area contributed by atoms with Gasteiger partial charge in [0.1, 0.15) is 5.82 Å². The molecule has 1 amide bonds. The standard InChI is InChI=1S/C19H21FNO2/c1-2-3-4-10-15-23-19(22)21(16-11-6-5-7-12-16)18-14-9-8-13-17(18)20/h5-9,11-14H,1-4,10,15H2. The molecule has 2 rings (SSSR count). The maximum Gasteiger partial charge on any atom is 0.419 e. The molecule has 1 radical (unpaired) electrons. The highest BCUT2D eigenvalue weighted by Gasteiger charge is 2.22. The van der Waals surface area contributed by atoms with Gasteiger partial charge in [-0.15, -0.1) is 0 Å². The molecule has 0 fully saturated rings. The van der Waals surface area contributed by atoms with E-state index in [-0.39, 0.29) is 5.69 Å². The molecule has 0 N–H and O–H groups in total. The fourth-order valence-corrected chi connectivity index (χ4v) is 2.23. The highest BCUT2D eigenvalue weighted by molar-refractivity contribution is 5.96. The van der Waals surface area contributed by atoms with Crippen molar-refractivity contribution in [2.75, 3.05) is 11.5 Å². The van der Waals surface area contributed by atoms with Crippen molar-refractivity contribution in [2.45, 2.75) is 25.7 Å². The second-order valence-corrected chi connectivity index (χ2v) is 5.15. The van der Waals surface area contributed by atoms with Gasteiger partial charge in [-0.25, -0.2) is 14.1 Å². The average molecular weight is 314 g/mol. The van der Waals surface area contributed by atoms with Crippen molar-refractivity contribution >= 4 is 17.5 Å². The van der Waals surface area contributed by atoms with Gasteiger partial charge in [-0.05, 0) is 30.7 Å². The lowest BCUT2D eigenvalue weighted by Crippen LogP contribution is -2.27. The number of anilines is 2. The molecule has 0 aliphatic heterocycles. The molecule has 2 aromatic rings. The number of halogens is 1. The zero-order chi connectivity index (χ0) is 16.5. The third kappa shape index (κ3) is 4.81. The molecule has 23 heavy (non-hydrogen) atoms. The van der Waals surface area contributed by atoms with Gasteiger partial charge in [0, 0.05) is 0 Å². The monoisotopic (exact) mass is 314 g/mol. The quantitative estimate of drug-likeness (QED) is 0.632. The first kappa shape index (κ1) is 17.0. The number of rotatable bonds is 7. The van der Waals surface area contributed by atoms with Crippen LogP contribution in [-0.4, -0.2) is 12.7 Å². The molecule has 0 unspecified atom stereocenters. The van der Waals surface area contributed by atoms with E-state index in [0.29, 0.717) is 12.3 Å². The third-order valence-electron chi connectivity index (χ3n) is 3.41. The number of carbonyl (C=O) groups is 1. The second-order valence-electron chi connectivity index (χ2n) is 5.15. The molecule has 2 aromatic carbocycles. The number of benzene rings is 2. The lowest BCUT2D eigenvalue weighted by Gasteiger charge is -2.22. The normalized spacial score (nSPS) is 10.3. The van der Waals surface area contributed by atoms with Crippen molar-refractivity contribution in [3.8, 4) is 0 Å². The summed E-state index contributed by atoms with van der Waals surface area (Å²) in [5, 5.41) is 0. The van der Waals surface area contributed by atoms with Crippen LogP contribution in [0.5, 0.6) is 0 Å². The minimum atomic E-state index is -0.573. The maximum atomic E-state index is 14.1. The molecule has 0 aliphatic rings. The predicted molar refractivity (Wildman–Crippen MR) is 90.2 cm³/mol. The summed E-state index contributed by atoms with van der Waals surface area (Å²) in [7, 11) is 0. The molecule has 0 bridgehead atoms. The largest absolute Gasteiger partial charge is 0.449 e. The lowest BCUT2D eigenvalue weighted by atomic mass is 10.2. The fourth-order valence-electron chi connectivity index (χ4n) is 2.23. The molecule has 4 heteroatoms. The van der Waals surface area contributed by atoms with Crippen LogP contribution in [0.25, 0.3) is 0 Å². The van der Waals surface area contributed by atoms with Gasteiger partial charge >= 0.3 is 6.09 Å². The molecule has 3 nitrogen and oxygen atoms in total. The molecule has 0 spiro atoms. The van der Waals surface area contributed by atoms with E-state index in [4.69, 9.17) is 4.74 Å². The van der Waals surface area contributed by atoms with E-state index < -0.39 is 11.9 Å². The highest BCUT2D eigenvalue weighted by Crippen LogP contribution is 2.28. The van der Waals surface area contributed by atoms with Crippen molar-refractivity contribution in [1.82, 2.24) is 0 Å². The number of para-hydroxylation sites is 2. The number of hydrogen-bond donors (Lipinski definition) is 0. The van der Waals surface area contributed by atoms with Gasteiger partial charge in [-0.2, -0.15) is 0 Å². The Bertz CT molecular complexity index is 616. The van der Waals surface area contributed by atoms with Crippen LogP contribution in [0.3, 0.4) is 0 Å². The summed E-state index contributed by atoms with van der Waals surface area (Å²) >= 11 is 0. The van der Waals surface area contributed by atoms with E-state index >= 15 is 0 Å². The molecule has 0 aliphatic carbocycles. The van der Waals surface area contributed by atoms with Crippen LogP contribution < -0.4 is 4.90 Å². The SMILES string of the molecule is [CH2]CCCCCOC(=O)N(c1ccccc1)c1ccccc1F. The number of ether oxygens (including phenoxy) is 1. The van der Waals surface area contributed by atoms with Gasteiger partial charge in [-0.1, -0.05) is 56.5 Å². The average Bonchev–Trinajstić information content (AvgIpc) is 2.58. The van der Waals surface area contributed by atoms with E-state index in [1.165, 1.54) is 11.0 Å². The van der Waals surface area contributed by atoms with Gasteiger partial charge in [0.15, 0.2) is 0 Å². The number of carbonyl (C=O) groups excluding carboxylic acids is 1. The van der Waals surface area contributed by atoms with Crippen molar-refractivity contribution in [3.63, 3.8) is 0 Å². The minimum absolute atomic E-state index is 0.182. The first-order valence-corrected chi connectivity index (χ1v) is 7.79. The molecular formula is C19H21FNO2. The van der Waals surface area contributed by atoms with E-state index in [2.05, 4.69) is 6.92 Å². The first-order chi connectivity index (χ1) is 11.2. The van der Waals surface area contributed by atoms with Gasteiger partial charge < -0.3 is 4.74 Å². The number of unbranched alkanes of at least 4 members (excludes halogenated alkanes) is 3. The fraction of sp³-hybridized carbons (Fsp3) is 0.263. The van der Waals surface area contributed by atoms with Crippen LogP contribution >= 0.6 is 0 Å². The Kier molecular flexibility index (Phi) is 6.60. The number of hydrogen-bond acceptors (Lipinski definition) is 2. The van der Waals surface area contributed by atoms with Crippen LogP contribution in [0, 0.1) is 12.7 Å². The Morgan fingerprint density at radius 1 is 1.00 bits per heavy atom.